The first-order valence-electron chi connectivity index (χ1n) is 5.82. The van der Waals surface area contributed by atoms with Crippen molar-refractivity contribution in [1.82, 2.24) is 0 Å². The first kappa shape index (κ1) is 14.9. The summed E-state index contributed by atoms with van der Waals surface area (Å²) in [5.74, 6) is 0.871. The van der Waals surface area contributed by atoms with Crippen LogP contribution in [0.3, 0.4) is 0 Å². The lowest BCUT2D eigenvalue weighted by Gasteiger charge is -2.13. The third kappa shape index (κ3) is 3.98. The Morgan fingerprint density at radius 3 is 2.47 bits per heavy atom. The number of benzene rings is 2. The Kier molecular flexibility index (Phi) is 5.31. The highest BCUT2D eigenvalue weighted by molar-refractivity contribution is 9.10. The topological polar surface area (TPSA) is 9.23 Å². The van der Waals surface area contributed by atoms with Gasteiger partial charge in [0.05, 0.1) is 7.11 Å². The number of hydrogen-bond acceptors (Lipinski definition) is 1. The van der Waals surface area contributed by atoms with Crippen LogP contribution in [-0.2, 0) is 6.42 Å². The molecule has 1 atom stereocenters. The summed E-state index contributed by atoms with van der Waals surface area (Å²) in [4.78, 5) is 0.186. The molecule has 0 fully saturated rings. The lowest BCUT2D eigenvalue weighted by atomic mass is 10.0. The largest absolute Gasteiger partial charge is 0.497 e. The molecule has 0 spiro atoms. The predicted molar refractivity (Wildman–Crippen MR) is 87.5 cm³/mol. The quantitative estimate of drug-likeness (QED) is 0.586. The van der Waals surface area contributed by atoms with Crippen molar-refractivity contribution < 1.29 is 4.74 Å². The Labute approximate surface area is 135 Å². The molecule has 1 unspecified atom stereocenters. The lowest BCUT2D eigenvalue weighted by Crippen LogP contribution is -1.96. The van der Waals surface area contributed by atoms with E-state index >= 15 is 0 Å². The van der Waals surface area contributed by atoms with E-state index < -0.39 is 0 Å². The van der Waals surface area contributed by atoms with Gasteiger partial charge in [-0.05, 0) is 47.9 Å². The number of alkyl halides is 1. The fourth-order valence-corrected chi connectivity index (χ4v) is 3.35. The molecule has 0 aliphatic heterocycles. The van der Waals surface area contributed by atoms with Gasteiger partial charge in [-0.1, -0.05) is 55.6 Å². The van der Waals surface area contributed by atoms with Crippen LogP contribution in [0.4, 0.5) is 0 Å². The normalized spacial score (nSPS) is 12.2. The van der Waals surface area contributed by atoms with Crippen LogP contribution in [0, 0.1) is 0 Å². The van der Waals surface area contributed by atoms with E-state index in [1.54, 1.807) is 7.11 Å². The van der Waals surface area contributed by atoms with Gasteiger partial charge in [-0.15, -0.1) is 0 Å². The second-order valence-electron chi connectivity index (χ2n) is 4.19. The van der Waals surface area contributed by atoms with Gasteiger partial charge in [0.1, 0.15) is 5.75 Å². The molecule has 0 N–H and O–H groups in total. The van der Waals surface area contributed by atoms with Gasteiger partial charge in [-0.25, -0.2) is 0 Å². The fourth-order valence-electron chi connectivity index (χ4n) is 1.83. The van der Waals surface area contributed by atoms with E-state index in [1.807, 2.05) is 30.3 Å². The summed E-state index contributed by atoms with van der Waals surface area (Å²) < 4.78 is 6.19. The van der Waals surface area contributed by atoms with Crippen molar-refractivity contribution in [3.05, 3.63) is 63.1 Å². The van der Waals surface area contributed by atoms with E-state index in [4.69, 9.17) is 16.3 Å². The first-order valence-corrected chi connectivity index (χ1v) is 7.91. The fraction of sp³-hybridized carbons (Fsp3) is 0.200. The van der Waals surface area contributed by atoms with Gasteiger partial charge in [0.2, 0.25) is 0 Å². The molecule has 2 rings (SSSR count). The Bertz CT molecular complexity index is 555. The summed E-state index contributed by atoms with van der Waals surface area (Å²) in [6, 6.07) is 14.0. The van der Waals surface area contributed by atoms with Crippen molar-refractivity contribution in [1.29, 1.82) is 0 Å². The SMILES string of the molecule is COc1ccc(CC(Br)c2cc(Br)ccc2Cl)cc1. The first-order chi connectivity index (χ1) is 9.10. The van der Waals surface area contributed by atoms with Gasteiger partial charge >= 0.3 is 0 Å². The number of methoxy groups -OCH3 is 1. The van der Waals surface area contributed by atoms with Crippen LogP contribution in [0.25, 0.3) is 0 Å². The molecule has 1 nitrogen and oxygen atoms in total. The zero-order valence-corrected chi connectivity index (χ0v) is 14.3. The minimum Gasteiger partial charge on any atom is -0.497 e. The molecule has 0 aliphatic carbocycles. The average molecular weight is 405 g/mol. The van der Waals surface area contributed by atoms with Crippen LogP contribution in [-0.4, -0.2) is 7.11 Å². The van der Waals surface area contributed by atoms with Crippen molar-refractivity contribution in [2.24, 2.45) is 0 Å². The van der Waals surface area contributed by atoms with Crippen LogP contribution in [0.1, 0.15) is 16.0 Å². The summed E-state index contributed by atoms with van der Waals surface area (Å²) >= 11 is 13.4. The number of rotatable bonds is 4. The molecule has 2 aromatic carbocycles. The van der Waals surface area contributed by atoms with Crippen LogP contribution in [0.15, 0.2) is 46.9 Å². The van der Waals surface area contributed by atoms with E-state index in [-0.39, 0.29) is 4.83 Å². The average Bonchev–Trinajstić information content (AvgIpc) is 2.42. The van der Waals surface area contributed by atoms with Crippen LogP contribution in [0.2, 0.25) is 5.02 Å². The van der Waals surface area contributed by atoms with Gasteiger partial charge in [0, 0.05) is 14.3 Å². The summed E-state index contributed by atoms with van der Waals surface area (Å²) in [7, 11) is 1.67. The molecule has 0 heterocycles. The van der Waals surface area contributed by atoms with E-state index in [2.05, 4.69) is 44.0 Å². The highest BCUT2D eigenvalue weighted by Crippen LogP contribution is 2.34. The molecule has 0 aromatic heterocycles. The van der Waals surface area contributed by atoms with Gasteiger partial charge < -0.3 is 4.74 Å². The maximum atomic E-state index is 6.23. The number of hydrogen-bond donors (Lipinski definition) is 0. The summed E-state index contributed by atoms with van der Waals surface area (Å²) in [5, 5.41) is 0.776. The van der Waals surface area contributed by atoms with Gasteiger partial charge in [0.25, 0.3) is 0 Å². The molecule has 0 bridgehead atoms. The second-order valence-corrected chi connectivity index (χ2v) is 6.61. The van der Waals surface area contributed by atoms with Crippen molar-refractivity contribution in [2.45, 2.75) is 11.2 Å². The van der Waals surface area contributed by atoms with Crippen LogP contribution >= 0.6 is 43.5 Å². The highest BCUT2D eigenvalue weighted by Gasteiger charge is 2.12. The van der Waals surface area contributed by atoms with E-state index in [0.717, 1.165) is 27.2 Å². The Morgan fingerprint density at radius 2 is 1.84 bits per heavy atom. The molecule has 4 heteroatoms. The van der Waals surface area contributed by atoms with Crippen LogP contribution < -0.4 is 4.74 Å². The van der Waals surface area contributed by atoms with Crippen LogP contribution in [0.5, 0.6) is 5.75 Å². The van der Waals surface area contributed by atoms with Crippen molar-refractivity contribution in [3.63, 3.8) is 0 Å². The summed E-state index contributed by atoms with van der Waals surface area (Å²) in [6.07, 6.45) is 0.875. The third-order valence-corrected chi connectivity index (χ3v) is 4.52. The second kappa shape index (κ2) is 6.78. The maximum Gasteiger partial charge on any atom is 0.118 e. The molecule has 0 aliphatic rings. The number of halogens is 3. The molecule has 0 radical (unpaired) electrons. The molecule has 19 heavy (non-hydrogen) atoms. The third-order valence-electron chi connectivity index (χ3n) is 2.87. The van der Waals surface area contributed by atoms with Gasteiger partial charge in [-0.2, -0.15) is 0 Å². The smallest absolute Gasteiger partial charge is 0.118 e. The standard InChI is InChI=1S/C15H13Br2ClO/c1-19-12-5-2-10(3-6-12)8-14(17)13-9-11(16)4-7-15(13)18/h2-7,9,14H,8H2,1H3. The number of ether oxygens (including phenoxy) is 1. The van der Waals surface area contributed by atoms with E-state index in [9.17, 15) is 0 Å². The van der Waals surface area contributed by atoms with E-state index in [1.165, 1.54) is 5.56 Å². The zero-order valence-electron chi connectivity index (χ0n) is 10.4. The summed E-state index contributed by atoms with van der Waals surface area (Å²) in [6.45, 7) is 0. The minimum atomic E-state index is 0.186. The van der Waals surface area contributed by atoms with Crippen molar-refractivity contribution in [3.8, 4) is 5.75 Å². The Morgan fingerprint density at radius 1 is 1.16 bits per heavy atom. The molecule has 100 valence electrons. The zero-order chi connectivity index (χ0) is 13.8. The molecular formula is C15H13Br2ClO. The van der Waals surface area contributed by atoms with Crippen molar-refractivity contribution >= 4 is 43.5 Å². The predicted octanol–water partition coefficient (Wildman–Crippen LogP) is 5.79. The van der Waals surface area contributed by atoms with Gasteiger partial charge in [-0.3, -0.25) is 0 Å². The molecule has 0 saturated heterocycles. The molecule has 0 saturated carbocycles. The minimum absolute atomic E-state index is 0.186. The molecular weight excluding hydrogens is 391 g/mol. The lowest BCUT2D eigenvalue weighted by molar-refractivity contribution is 0.414. The summed E-state index contributed by atoms with van der Waals surface area (Å²) in [5.41, 5.74) is 2.32. The Balaban J connectivity index is 2.15. The highest BCUT2D eigenvalue weighted by atomic mass is 79.9. The molecule has 2 aromatic rings. The van der Waals surface area contributed by atoms with E-state index in [0.29, 0.717) is 0 Å². The monoisotopic (exact) mass is 402 g/mol. The van der Waals surface area contributed by atoms with Crippen molar-refractivity contribution in [2.75, 3.05) is 7.11 Å². The molecule has 0 amide bonds. The maximum absolute atomic E-state index is 6.23. The van der Waals surface area contributed by atoms with Gasteiger partial charge in [0.15, 0.2) is 0 Å². The Hall–Kier alpha value is -0.510.